The minimum absolute atomic E-state index is 0.100. The predicted molar refractivity (Wildman–Crippen MR) is 72.3 cm³/mol. The van der Waals surface area contributed by atoms with Crippen LogP contribution in [0.15, 0.2) is 30.3 Å². The number of carbonyl (C=O) groups excluding carboxylic acids is 1. The van der Waals surface area contributed by atoms with Crippen LogP contribution < -0.4 is 0 Å². The van der Waals surface area contributed by atoms with Crippen LogP contribution in [0.25, 0.3) is 11.1 Å². The molecule has 0 radical (unpaired) electrons. The third-order valence-corrected chi connectivity index (χ3v) is 3.31. The van der Waals surface area contributed by atoms with Gasteiger partial charge in [-0.25, -0.2) is 4.39 Å². The van der Waals surface area contributed by atoms with Crippen LogP contribution in [0.5, 0.6) is 0 Å². The third-order valence-electron chi connectivity index (χ3n) is 2.43. The highest BCUT2D eigenvalue weighted by Gasteiger charge is 2.13. The van der Waals surface area contributed by atoms with Gasteiger partial charge in [0.05, 0.1) is 5.02 Å². The van der Waals surface area contributed by atoms with Crippen LogP contribution in [0, 0.1) is 5.82 Å². The van der Waals surface area contributed by atoms with Gasteiger partial charge in [-0.3, -0.25) is 4.79 Å². The molecule has 0 aliphatic rings. The van der Waals surface area contributed by atoms with Crippen molar-refractivity contribution in [2.45, 2.75) is 0 Å². The van der Waals surface area contributed by atoms with Crippen molar-refractivity contribution in [2.24, 2.45) is 0 Å². The van der Waals surface area contributed by atoms with Crippen molar-refractivity contribution in [3.8, 4) is 11.1 Å². The van der Waals surface area contributed by atoms with E-state index in [0.29, 0.717) is 21.9 Å². The molecule has 0 spiro atoms. The van der Waals surface area contributed by atoms with Gasteiger partial charge in [-0.1, -0.05) is 40.9 Å². The van der Waals surface area contributed by atoms with Gasteiger partial charge in [0, 0.05) is 26.7 Å². The number of aldehydes is 1. The van der Waals surface area contributed by atoms with E-state index in [1.54, 1.807) is 12.1 Å². The third kappa shape index (κ3) is 2.51. The fourth-order valence-corrected chi connectivity index (χ4v) is 2.29. The maximum Gasteiger partial charge on any atom is 0.151 e. The molecule has 0 atom stereocenters. The lowest BCUT2D eigenvalue weighted by atomic mass is 10.0. The Hall–Kier alpha value is -1.09. The van der Waals surface area contributed by atoms with E-state index in [-0.39, 0.29) is 16.1 Å². The molecule has 2 aromatic carbocycles. The molecule has 0 bridgehead atoms. The van der Waals surface area contributed by atoms with Crippen molar-refractivity contribution >= 4 is 41.1 Å². The number of hydrogen-bond donors (Lipinski definition) is 0. The standard InChI is InChI=1S/C13H6Cl3FO/c14-8-1-2-9(12(16)4-8)10-5-11(15)7(6-18)3-13(10)17/h1-6H. The van der Waals surface area contributed by atoms with Crippen LogP contribution in [0.1, 0.15) is 10.4 Å². The Morgan fingerprint density at radius 2 is 1.67 bits per heavy atom. The number of rotatable bonds is 2. The summed E-state index contributed by atoms with van der Waals surface area (Å²) in [6.45, 7) is 0. The van der Waals surface area contributed by atoms with E-state index >= 15 is 0 Å². The van der Waals surface area contributed by atoms with E-state index in [9.17, 15) is 9.18 Å². The Kier molecular flexibility index (Phi) is 3.91. The second-order valence-corrected chi connectivity index (χ2v) is 4.85. The molecule has 0 aliphatic carbocycles. The van der Waals surface area contributed by atoms with E-state index in [4.69, 9.17) is 34.8 Å². The second kappa shape index (κ2) is 5.27. The monoisotopic (exact) mass is 302 g/mol. The van der Waals surface area contributed by atoms with Crippen molar-refractivity contribution in [2.75, 3.05) is 0 Å². The molecule has 0 fully saturated rings. The second-order valence-electron chi connectivity index (χ2n) is 3.60. The Morgan fingerprint density at radius 3 is 2.28 bits per heavy atom. The minimum atomic E-state index is -0.564. The molecule has 2 aromatic rings. The minimum Gasteiger partial charge on any atom is -0.298 e. The fourth-order valence-electron chi connectivity index (χ4n) is 1.57. The number of halogens is 4. The van der Waals surface area contributed by atoms with Crippen LogP contribution in [0.4, 0.5) is 4.39 Å². The molecule has 0 unspecified atom stereocenters. The number of hydrogen-bond acceptors (Lipinski definition) is 1. The highest BCUT2D eigenvalue weighted by Crippen LogP contribution is 2.34. The summed E-state index contributed by atoms with van der Waals surface area (Å²) in [5.74, 6) is -0.564. The summed E-state index contributed by atoms with van der Waals surface area (Å²) in [4.78, 5) is 10.6. The van der Waals surface area contributed by atoms with Gasteiger partial charge in [0.15, 0.2) is 6.29 Å². The van der Waals surface area contributed by atoms with Gasteiger partial charge in [-0.2, -0.15) is 0 Å². The summed E-state index contributed by atoms with van der Waals surface area (Å²) in [6, 6.07) is 7.16. The van der Waals surface area contributed by atoms with Gasteiger partial charge in [-0.15, -0.1) is 0 Å². The topological polar surface area (TPSA) is 17.1 Å². The molecule has 2 rings (SSSR count). The Balaban J connectivity index is 2.64. The van der Waals surface area contributed by atoms with E-state index in [1.807, 2.05) is 0 Å². The van der Waals surface area contributed by atoms with Gasteiger partial charge in [0.1, 0.15) is 5.82 Å². The number of benzene rings is 2. The van der Waals surface area contributed by atoms with Crippen LogP contribution >= 0.6 is 34.8 Å². The van der Waals surface area contributed by atoms with Gasteiger partial charge < -0.3 is 0 Å². The molecule has 0 saturated heterocycles. The predicted octanol–water partition coefficient (Wildman–Crippen LogP) is 5.27. The van der Waals surface area contributed by atoms with E-state index in [2.05, 4.69) is 0 Å². The maximum atomic E-state index is 13.9. The normalized spacial score (nSPS) is 10.4. The highest BCUT2D eigenvalue weighted by atomic mass is 35.5. The molecule has 0 saturated carbocycles. The van der Waals surface area contributed by atoms with Crippen molar-refractivity contribution < 1.29 is 9.18 Å². The van der Waals surface area contributed by atoms with Crippen molar-refractivity contribution in [1.82, 2.24) is 0 Å². The summed E-state index contributed by atoms with van der Waals surface area (Å²) >= 11 is 17.6. The largest absolute Gasteiger partial charge is 0.298 e. The quantitative estimate of drug-likeness (QED) is 0.691. The highest BCUT2D eigenvalue weighted by molar-refractivity contribution is 6.36. The van der Waals surface area contributed by atoms with E-state index < -0.39 is 5.82 Å². The molecule has 92 valence electrons. The average Bonchev–Trinajstić information content (AvgIpc) is 2.32. The van der Waals surface area contributed by atoms with Gasteiger partial charge in [0.2, 0.25) is 0 Å². The fraction of sp³-hybridized carbons (Fsp3) is 0. The molecule has 5 heteroatoms. The van der Waals surface area contributed by atoms with Crippen LogP contribution in [-0.4, -0.2) is 6.29 Å². The molecular weight excluding hydrogens is 297 g/mol. The molecule has 1 nitrogen and oxygen atoms in total. The summed E-state index contributed by atoms with van der Waals surface area (Å²) in [6.07, 6.45) is 0.499. The molecule has 0 aromatic heterocycles. The maximum absolute atomic E-state index is 13.9. The number of carbonyl (C=O) groups is 1. The lowest BCUT2D eigenvalue weighted by molar-refractivity contribution is 0.112. The van der Waals surface area contributed by atoms with E-state index in [0.717, 1.165) is 6.07 Å². The van der Waals surface area contributed by atoms with Gasteiger partial charge >= 0.3 is 0 Å². The van der Waals surface area contributed by atoms with Crippen molar-refractivity contribution in [3.05, 3.63) is 56.8 Å². The zero-order chi connectivity index (χ0) is 13.3. The molecule has 0 heterocycles. The Bertz CT molecular complexity index is 626. The van der Waals surface area contributed by atoms with Crippen molar-refractivity contribution in [1.29, 1.82) is 0 Å². The van der Waals surface area contributed by atoms with E-state index in [1.165, 1.54) is 12.1 Å². The Morgan fingerprint density at radius 1 is 0.944 bits per heavy atom. The lowest BCUT2D eigenvalue weighted by Gasteiger charge is -2.08. The first-order valence-corrected chi connectivity index (χ1v) is 6.06. The summed E-state index contributed by atoms with van der Waals surface area (Å²) in [5.41, 5.74) is 0.799. The first kappa shape index (κ1) is 13.3. The summed E-state index contributed by atoms with van der Waals surface area (Å²) < 4.78 is 13.9. The van der Waals surface area contributed by atoms with Crippen molar-refractivity contribution in [3.63, 3.8) is 0 Å². The zero-order valence-electron chi connectivity index (χ0n) is 8.88. The first-order valence-electron chi connectivity index (χ1n) is 4.92. The van der Waals surface area contributed by atoms with Crippen LogP contribution in [-0.2, 0) is 0 Å². The first-order chi connectivity index (χ1) is 8.52. The van der Waals surface area contributed by atoms with Crippen LogP contribution in [0.2, 0.25) is 15.1 Å². The molecular formula is C13H6Cl3FO. The Labute approximate surface area is 118 Å². The molecule has 18 heavy (non-hydrogen) atoms. The molecule has 0 N–H and O–H groups in total. The van der Waals surface area contributed by atoms with Crippen LogP contribution in [0.3, 0.4) is 0 Å². The van der Waals surface area contributed by atoms with Gasteiger partial charge in [0.25, 0.3) is 0 Å². The zero-order valence-corrected chi connectivity index (χ0v) is 11.2. The molecule has 0 amide bonds. The summed E-state index contributed by atoms with van der Waals surface area (Å²) in [7, 11) is 0. The lowest BCUT2D eigenvalue weighted by Crippen LogP contribution is -1.90. The molecule has 0 aliphatic heterocycles. The average molecular weight is 304 g/mol. The SMILES string of the molecule is O=Cc1cc(F)c(-c2ccc(Cl)cc2Cl)cc1Cl. The smallest absolute Gasteiger partial charge is 0.151 e. The van der Waals surface area contributed by atoms with Gasteiger partial charge in [-0.05, 0) is 24.3 Å². The summed E-state index contributed by atoms with van der Waals surface area (Å²) in [5, 5.41) is 0.948.